The molecule has 2 fully saturated rings. The number of hydrogen-bond donors (Lipinski definition) is 2. The topological polar surface area (TPSA) is 40.5 Å². The van der Waals surface area contributed by atoms with E-state index < -0.39 is 0 Å². The molecule has 0 bridgehead atoms. The average Bonchev–Trinajstić information content (AvgIpc) is 2.40. The van der Waals surface area contributed by atoms with E-state index in [2.05, 4.69) is 20.8 Å². The Balaban J connectivity index is 2.35. The van der Waals surface area contributed by atoms with Gasteiger partial charge in [0.1, 0.15) is 0 Å². The maximum atomic E-state index is 10.1. The molecule has 0 aromatic heterocycles. The van der Waals surface area contributed by atoms with Crippen LogP contribution in [0, 0.1) is 16.7 Å². The molecule has 2 N–H and O–H groups in total. The summed E-state index contributed by atoms with van der Waals surface area (Å²) in [6.45, 7) is 6.63. The molecule has 0 heterocycles. The van der Waals surface area contributed by atoms with Crippen molar-refractivity contribution in [3.05, 3.63) is 0 Å². The minimum atomic E-state index is -0.307. The van der Waals surface area contributed by atoms with Gasteiger partial charge in [-0.15, -0.1) is 0 Å². The van der Waals surface area contributed by atoms with Crippen LogP contribution in [-0.4, -0.2) is 22.4 Å². The number of fused-ring (bicyclic) bond motifs is 1. The molecule has 0 spiro atoms. The maximum absolute atomic E-state index is 10.1. The number of aliphatic hydroxyl groups is 2. The predicted molar refractivity (Wildman–Crippen MR) is 55.9 cm³/mol. The van der Waals surface area contributed by atoms with E-state index in [1.54, 1.807) is 0 Å². The van der Waals surface area contributed by atoms with Crippen LogP contribution < -0.4 is 0 Å². The molecular weight excluding hydrogens is 176 g/mol. The van der Waals surface area contributed by atoms with Crippen LogP contribution in [0.5, 0.6) is 0 Å². The molecule has 4 unspecified atom stereocenters. The monoisotopic (exact) mass is 198 g/mol. The Morgan fingerprint density at radius 1 is 0.929 bits per heavy atom. The molecule has 14 heavy (non-hydrogen) atoms. The first kappa shape index (κ1) is 10.4. The van der Waals surface area contributed by atoms with E-state index in [4.69, 9.17) is 0 Å². The zero-order valence-electron chi connectivity index (χ0n) is 9.45. The van der Waals surface area contributed by atoms with Gasteiger partial charge in [-0.2, -0.15) is 0 Å². The lowest BCUT2D eigenvalue weighted by Crippen LogP contribution is -2.52. The van der Waals surface area contributed by atoms with Gasteiger partial charge in [-0.1, -0.05) is 20.8 Å². The van der Waals surface area contributed by atoms with E-state index in [1.807, 2.05) is 0 Å². The van der Waals surface area contributed by atoms with Crippen molar-refractivity contribution >= 4 is 0 Å². The largest absolute Gasteiger partial charge is 0.392 e. The van der Waals surface area contributed by atoms with Gasteiger partial charge < -0.3 is 10.2 Å². The summed E-state index contributed by atoms with van der Waals surface area (Å²) < 4.78 is 0. The zero-order chi connectivity index (χ0) is 10.6. The van der Waals surface area contributed by atoms with Crippen LogP contribution in [-0.2, 0) is 0 Å². The SMILES string of the molecule is CC1(C)CCC(O)C2(C)C(O)CCC12. The molecule has 2 nitrogen and oxygen atoms in total. The number of rotatable bonds is 0. The van der Waals surface area contributed by atoms with Gasteiger partial charge >= 0.3 is 0 Å². The highest BCUT2D eigenvalue weighted by Gasteiger charge is 2.57. The maximum Gasteiger partial charge on any atom is 0.0621 e. The fourth-order valence-corrected chi connectivity index (χ4v) is 3.86. The average molecular weight is 198 g/mol. The van der Waals surface area contributed by atoms with Crippen molar-refractivity contribution < 1.29 is 10.2 Å². The van der Waals surface area contributed by atoms with E-state index >= 15 is 0 Å². The Bertz CT molecular complexity index is 236. The zero-order valence-corrected chi connectivity index (χ0v) is 9.45. The van der Waals surface area contributed by atoms with Gasteiger partial charge in [0, 0.05) is 5.41 Å². The van der Waals surface area contributed by atoms with Gasteiger partial charge in [0.2, 0.25) is 0 Å². The lowest BCUT2D eigenvalue weighted by molar-refractivity contribution is -0.125. The summed E-state index contributed by atoms with van der Waals surface area (Å²) in [5, 5.41) is 20.1. The summed E-state index contributed by atoms with van der Waals surface area (Å²) in [6, 6.07) is 0. The fraction of sp³-hybridized carbons (Fsp3) is 1.00. The first-order chi connectivity index (χ1) is 6.39. The molecule has 2 aliphatic rings. The summed E-state index contributed by atoms with van der Waals surface area (Å²) in [4.78, 5) is 0. The Labute approximate surface area is 86.3 Å². The van der Waals surface area contributed by atoms with Crippen molar-refractivity contribution in [3.63, 3.8) is 0 Å². The molecule has 2 heteroatoms. The van der Waals surface area contributed by atoms with Crippen LogP contribution in [0.2, 0.25) is 0 Å². The summed E-state index contributed by atoms with van der Waals surface area (Å²) in [6.07, 6.45) is 3.25. The normalized spacial score (nSPS) is 51.6. The van der Waals surface area contributed by atoms with Gasteiger partial charge in [-0.05, 0) is 37.0 Å². The summed E-state index contributed by atoms with van der Waals surface area (Å²) in [5.41, 5.74) is 0.0349. The summed E-state index contributed by atoms with van der Waals surface area (Å²) in [7, 11) is 0. The van der Waals surface area contributed by atoms with Crippen molar-refractivity contribution in [2.75, 3.05) is 0 Å². The second-order valence-corrected chi connectivity index (χ2v) is 6.05. The molecule has 0 saturated heterocycles. The van der Waals surface area contributed by atoms with Crippen LogP contribution in [0.15, 0.2) is 0 Å². The van der Waals surface area contributed by atoms with E-state index in [9.17, 15) is 10.2 Å². The fourth-order valence-electron chi connectivity index (χ4n) is 3.86. The van der Waals surface area contributed by atoms with Gasteiger partial charge in [-0.25, -0.2) is 0 Å². The molecular formula is C12H22O2. The quantitative estimate of drug-likeness (QED) is 0.624. The van der Waals surface area contributed by atoms with E-state index in [-0.39, 0.29) is 23.0 Å². The number of hydrogen-bond acceptors (Lipinski definition) is 2. The van der Waals surface area contributed by atoms with Gasteiger partial charge in [-0.3, -0.25) is 0 Å². The molecule has 0 radical (unpaired) electrons. The summed E-state index contributed by atoms with van der Waals surface area (Å²) in [5.74, 6) is 0.480. The standard InChI is InChI=1S/C12H22O2/c1-11(2)7-6-10(14)12(3)8(11)4-5-9(12)13/h8-10,13-14H,4-7H2,1-3H3. The lowest BCUT2D eigenvalue weighted by Gasteiger charge is -2.51. The molecule has 0 aromatic carbocycles. The molecule has 4 atom stereocenters. The van der Waals surface area contributed by atoms with Crippen molar-refractivity contribution in [1.29, 1.82) is 0 Å². The molecule has 2 saturated carbocycles. The highest BCUT2D eigenvalue weighted by molar-refractivity contribution is 5.07. The first-order valence-corrected chi connectivity index (χ1v) is 5.75. The Morgan fingerprint density at radius 2 is 1.50 bits per heavy atom. The van der Waals surface area contributed by atoms with Crippen LogP contribution in [0.1, 0.15) is 46.5 Å². The Morgan fingerprint density at radius 3 is 2.07 bits per heavy atom. The van der Waals surface area contributed by atoms with E-state index in [0.717, 1.165) is 25.7 Å². The van der Waals surface area contributed by atoms with Crippen molar-refractivity contribution in [1.82, 2.24) is 0 Å². The third kappa shape index (κ3) is 1.17. The molecule has 2 rings (SSSR count). The summed E-state index contributed by atoms with van der Waals surface area (Å²) >= 11 is 0. The molecule has 0 aliphatic heterocycles. The second-order valence-electron chi connectivity index (χ2n) is 6.05. The Kier molecular flexibility index (Phi) is 2.20. The van der Waals surface area contributed by atoms with E-state index in [0.29, 0.717) is 5.92 Å². The lowest BCUT2D eigenvalue weighted by atomic mass is 9.56. The van der Waals surface area contributed by atoms with E-state index in [1.165, 1.54) is 0 Å². The molecule has 82 valence electrons. The third-order valence-corrected chi connectivity index (χ3v) is 4.92. The smallest absolute Gasteiger partial charge is 0.0621 e. The third-order valence-electron chi connectivity index (χ3n) is 4.92. The van der Waals surface area contributed by atoms with Crippen LogP contribution in [0.25, 0.3) is 0 Å². The first-order valence-electron chi connectivity index (χ1n) is 5.75. The Hall–Kier alpha value is -0.0800. The van der Waals surface area contributed by atoms with Crippen molar-refractivity contribution in [3.8, 4) is 0 Å². The minimum absolute atomic E-state index is 0.248. The highest BCUT2D eigenvalue weighted by Crippen LogP contribution is 2.59. The van der Waals surface area contributed by atoms with Crippen LogP contribution in [0.4, 0.5) is 0 Å². The second kappa shape index (κ2) is 2.96. The van der Waals surface area contributed by atoms with Gasteiger partial charge in [0.25, 0.3) is 0 Å². The molecule has 0 amide bonds. The highest BCUT2D eigenvalue weighted by atomic mass is 16.3. The molecule has 0 aromatic rings. The predicted octanol–water partition coefficient (Wildman–Crippen LogP) is 1.94. The van der Waals surface area contributed by atoms with Crippen molar-refractivity contribution in [2.45, 2.75) is 58.7 Å². The molecule has 2 aliphatic carbocycles. The van der Waals surface area contributed by atoms with Gasteiger partial charge in [0.05, 0.1) is 12.2 Å². The van der Waals surface area contributed by atoms with Crippen LogP contribution >= 0.6 is 0 Å². The number of aliphatic hydroxyl groups excluding tert-OH is 2. The minimum Gasteiger partial charge on any atom is -0.392 e. The van der Waals surface area contributed by atoms with Crippen molar-refractivity contribution in [2.24, 2.45) is 16.7 Å². The van der Waals surface area contributed by atoms with Crippen LogP contribution in [0.3, 0.4) is 0 Å². The van der Waals surface area contributed by atoms with Gasteiger partial charge in [0.15, 0.2) is 0 Å².